The van der Waals surface area contributed by atoms with Gasteiger partial charge in [0.05, 0.1) is 7.11 Å². The molecule has 2 fully saturated rings. The van der Waals surface area contributed by atoms with Crippen LogP contribution >= 0.6 is 0 Å². The minimum absolute atomic E-state index is 0.230. The Morgan fingerprint density at radius 3 is 2.74 bits per heavy atom. The summed E-state index contributed by atoms with van der Waals surface area (Å²) in [6.45, 7) is 1.79. The van der Waals surface area contributed by atoms with Crippen LogP contribution < -0.4 is 15.0 Å². The van der Waals surface area contributed by atoms with E-state index in [2.05, 4.69) is 20.2 Å². The second-order valence-electron chi connectivity index (χ2n) is 6.58. The summed E-state index contributed by atoms with van der Waals surface area (Å²) in [4.78, 5) is 23.0. The Balaban J connectivity index is 1.45. The molecule has 2 heterocycles. The predicted octanol–water partition coefficient (Wildman–Crippen LogP) is 2.15. The van der Waals surface area contributed by atoms with Crippen LogP contribution in [0, 0.1) is 5.92 Å². The topological polar surface area (TPSA) is 67.3 Å². The number of aromatic nitrogens is 2. The molecular formula is C17H26N4O2. The van der Waals surface area contributed by atoms with Gasteiger partial charge in [-0.2, -0.15) is 4.98 Å². The van der Waals surface area contributed by atoms with Crippen LogP contribution in [0.3, 0.4) is 0 Å². The predicted molar refractivity (Wildman–Crippen MR) is 88.5 cm³/mol. The number of hydrogen-bond donors (Lipinski definition) is 1. The molecule has 6 heteroatoms. The molecule has 23 heavy (non-hydrogen) atoms. The zero-order valence-corrected chi connectivity index (χ0v) is 13.8. The van der Waals surface area contributed by atoms with Crippen LogP contribution in [-0.4, -0.2) is 42.1 Å². The first kappa shape index (κ1) is 16.0. The molecule has 1 aliphatic carbocycles. The summed E-state index contributed by atoms with van der Waals surface area (Å²) < 4.78 is 5.15. The monoisotopic (exact) mass is 318 g/mol. The molecule has 126 valence electrons. The van der Waals surface area contributed by atoms with Crippen LogP contribution in [0.5, 0.6) is 5.88 Å². The van der Waals surface area contributed by atoms with Crippen molar-refractivity contribution in [2.45, 2.75) is 51.0 Å². The lowest BCUT2D eigenvalue weighted by Crippen LogP contribution is -2.38. The van der Waals surface area contributed by atoms with Crippen LogP contribution in [-0.2, 0) is 4.79 Å². The third-order valence-corrected chi connectivity index (χ3v) is 4.92. The summed E-state index contributed by atoms with van der Waals surface area (Å²) in [6, 6.07) is 2.18. The molecule has 1 amide bonds. The number of methoxy groups -OCH3 is 1. The van der Waals surface area contributed by atoms with Gasteiger partial charge in [0, 0.05) is 37.8 Å². The number of rotatable bonds is 5. The van der Waals surface area contributed by atoms with E-state index in [1.54, 1.807) is 19.4 Å². The minimum atomic E-state index is 0.230. The Morgan fingerprint density at radius 2 is 2.04 bits per heavy atom. The average molecular weight is 318 g/mol. The molecule has 3 rings (SSSR count). The molecule has 0 atom stereocenters. The molecule has 0 radical (unpaired) electrons. The maximum absolute atomic E-state index is 12.1. The normalized spacial score (nSPS) is 19.8. The lowest BCUT2D eigenvalue weighted by Gasteiger charge is -2.31. The SMILES string of the molecule is COc1ccnc(N2CCC(CC(=O)NC3CCCC3)CC2)n1. The second kappa shape index (κ2) is 7.62. The molecule has 6 nitrogen and oxygen atoms in total. The third-order valence-electron chi connectivity index (χ3n) is 4.92. The first-order valence-corrected chi connectivity index (χ1v) is 8.66. The number of nitrogens with zero attached hydrogens (tertiary/aromatic N) is 3. The highest BCUT2D eigenvalue weighted by Gasteiger charge is 2.24. The lowest BCUT2D eigenvalue weighted by atomic mass is 9.93. The summed E-state index contributed by atoms with van der Waals surface area (Å²) >= 11 is 0. The molecule has 0 bridgehead atoms. The standard InChI is InChI=1S/C17H26N4O2/c1-23-16-6-9-18-17(20-16)21-10-7-13(8-11-21)12-15(22)19-14-4-2-3-5-14/h6,9,13-14H,2-5,7-8,10-12H2,1H3,(H,19,22). The van der Waals surface area contributed by atoms with Crippen LogP contribution in [0.4, 0.5) is 5.95 Å². The van der Waals surface area contributed by atoms with Crippen molar-refractivity contribution < 1.29 is 9.53 Å². The number of carbonyl (C=O) groups excluding carboxylic acids is 1. The van der Waals surface area contributed by atoms with Gasteiger partial charge in [-0.05, 0) is 31.6 Å². The van der Waals surface area contributed by atoms with Crippen molar-refractivity contribution in [1.29, 1.82) is 0 Å². The largest absolute Gasteiger partial charge is 0.481 e. The molecule has 1 aromatic heterocycles. The smallest absolute Gasteiger partial charge is 0.228 e. The number of carbonyl (C=O) groups is 1. The van der Waals surface area contributed by atoms with E-state index in [4.69, 9.17) is 4.74 Å². The number of piperidine rings is 1. The van der Waals surface area contributed by atoms with Crippen molar-refractivity contribution in [2.75, 3.05) is 25.1 Å². The maximum atomic E-state index is 12.1. The first-order valence-electron chi connectivity index (χ1n) is 8.66. The zero-order chi connectivity index (χ0) is 16.1. The van der Waals surface area contributed by atoms with E-state index in [9.17, 15) is 4.79 Å². The number of ether oxygens (including phenoxy) is 1. The van der Waals surface area contributed by atoms with Crippen molar-refractivity contribution >= 4 is 11.9 Å². The summed E-state index contributed by atoms with van der Waals surface area (Å²) in [5.74, 6) is 2.01. The fraction of sp³-hybridized carbons (Fsp3) is 0.706. The summed E-state index contributed by atoms with van der Waals surface area (Å²) in [7, 11) is 1.61. The first-order chi connectivity index (χ1) is 11.2. The van der Waals surface area contributed by atoms with Crippen LogP contribution in [0.1, 0.15) is 44.9 Å². The van der Waals surface area contributed by atoms with E-state index < -0.39 is 0 Å². The Labute approximate surface area is 137 Å². The molecule has 0 spiro atoms. The Kier molecular flexibility index (Phi) is 5.31. The third kappa shape index (κ3) is 4.33. The van der Waals surface area contributed by atoms with Gasteiger partial charge in [-0.3, -0.25) is 4.79 Å². The van der Waals surface area contributed by atoms with Crippen molar-refractivity contribution in [3.8, 4) is 5.88 Å². The van der Waals surface area contributed by atoms with Crippen molar-refractivity contribution in [3.05, 3.63) is 12.3 Å². The summed E-state index contributed by atoms with van der Waals surface area (Å²) in [5, 5.41) is 3.19. The molecule has 1 N–H and O–H groups in total. The van der Waals surface area contributed by atoms with Crippen LogP contribution in [0.15, 0.2) is 12.3 Å². The highest BCUT2D eigenvalue weighted by Crippen LogP contribution is 2.24. The van der Waals surface area contributed by atoms with Crippen LogP contribution in [0.25, 0.3) is 0 Å². The number of anilines is 1. The van der Waals surface area contributed by atoms with Gasteiger partial charge in [-0.1, -0.05) is 12.8 Å². The van der Waals surface area contributed by atoms with E-state index in [1.165, 1.54) is 12.8 Å². The highest BCUT2D eigenvalue weighted by molar-refractivity contribution is 5.76. The fourth-order valence-electron chi connectivity index (χ4n) is 3.55. The fourth-order valence-corrected chi connectivity index (χ4v) is 3.55. The van der Waals surface area contributed by atoms with Crippen molar-refractivity contribution in [3.63, 3.8) is 0 Å². The van der Waals surface area contributed by atoms with Gasteiger partial charge in [0.15, 0.2) is 0 Å². The van der Waals surface area contributed by atoms with Gasteiger partial charge in [0.2, 0.25) is 17.7 Å². The van der Waals surface area contributed by atoms with Crippen molar-refractivity contribution in [1.82, 2.24) is 15.3 Å². The summed E-state index contributed by atoms with van der Waals surface area (Å²) in [5.41, 5.74) is 0. The maximum Gasteiger partial charge on any atom is 0.228 e. The van der Waals surface area contributed by atoms with Gasteiger partial charge in [-0.25, -0.2) is 4.98 Å². The van der Waals surface area contributed by atoms with E-state index in [-0.39, 0.29) is 5.91 Å². The Bertz CT molecular complexity index is 523. The minimum Gasteiger partial charge on any atom is -0.481 e. The van der Waals surface area contributed by atoms with Gasteiger partial charge >= 0.3 is 0 Å². The van der Waals surface area contributed by atoms with Gasteiger partial charge in [0.1, 0.15) is 0 Å². The molecule has 1 saturated heterocycles. The molecule has 1 aliphatic heterocycles. The molecule has 0 aromatic carbocycles. The van der Waals surface area contributed by atoms with Gasteiger partial charge < -0.3 is 15.0 Å². The van der Waals surface area contributed by atoms with Gasteiger partial charge in [0.25, 0.3) is 0 Å². The van der Waals surface area contributed by atoms with Crippen LogP contribution in [0.2, 0.25) is 0 Å². The quantitative estimate of drug-likeness (QED) is 0.901. The Morgan fingerprint density at radius 1 is 1.30 bits per heavy atom. The number of amides is 1. The van der Waals surface area contributed by atoms with E-state index in [0.717, 1.165) is 44.7 Å². The lowest BCUT2D eigenvalue weighted by molar-refractivity contribution is -0.122. The average Bonchev–Trinajstić information content (AvgIpc) is 3.08. The molecule has 1 saturated carbocycles. The van der Waals surface area contributed by atoms with Crippen molar-refractivity contribution in [2.24, 2.45) is 5.92 Å². The molecule has 1 aromatic rings. The number of nitrogens with one attached hydrogen (secondary N) is 1. The molecule has 0 unspecified atom stereocenters. The highest BCUT2D eigenvalue weighted by atomic mass is 16.5. The van der Waals surface area contributed by atoms with Gasteiger partial charge in [-0.15, -0.1) is 0 Å². The molecule has 2 aliphatic rings. The number of hydrogen-bond acceptors (Lipinski definition) is 5. The summed E-state index contributed by atoms with van der Waals surface area (Å²) in [6.07, 6.45) is 9.21. The second-order valence-corrected chi connectivity index (χ2v) is 6.58. The van der Waals surface area contributed by atoms with E-state index in [1.807, 2.05) is 0 Å². The van der Waals surface area contributed by atoms with E-state index in [0.29, 0.717) is 24.3 Å². The van der Waals surface area contributed by atoms with E-state index >= 15 is 0 Å². The Hall–Kier alpha value is -1.85. The zero-order valence-electron chi connectivity index (χ0n) is 13.8. The molecular weight excluding hydrogens is 292 g/mol.